The van der Waals surface area contributed by atoms with Crippen LogP contribution in [0.5, 0.6) is 5.75 Å². The van der Waals surface area contributed by atoms with Crippen LogP contribution >= 0.6 is 0 Å². The molecule has 0 saturated heterocycles. The molecule has 0 saturated carbocycles. The quantitative estimate of drug-likeness (QED) is 0.830. The Bertz CT molecular complexity index is 471. The van der Waals surface area contributed by atoms with Crippen molar-refractivity contribution in [3.05, 3.63) is 47.5 Å². The number of halogens is 1. The molecule has 2 aromatic rings. The highest BCUT2D eigenvalue weighted by Gasteiger charge is 2.16. The predicted molar refractivity (Wildman–Crippen MR) is 55.6 cm³/mol. The van der Waals surface area contributed by atoms with Crippen molar-refractivity contribution in [2.75, 3.05) is 7.11 Å². The zero-order valence-corrected chi connectivity index (χ0v) is 8.64. The van der Waals surface area contributed by atoms with Gasteiger partial charge >= 0.3 is 0 Å². The summed E-state index contributed by atoms with van der Waals surface area (Å²) in [6.45, 7) is 0. The van der Waals surface area contributed by atoms with Gasteiger partial charge in [-0.3, -0.25) is 5.10 Å². The molecule has 0 aliphatic rings. The number of hydrogen-bond acceptors (Lipinski definition) is 3. The molecule has 0 spiro atoms. The number of aromatic amines is 1. The van der Waals surface area contributed by atoms with Crippen molar-refractivity contribution >= 4 is 0 Å². The molecule has 1 unspecified atom stereocenters. The second kappa shape index (κ2) is 4.32. The SMILES string of the molecule is COc1ccc(C(O)c2cn[nH]c2)c(F)c1. The minimum absolute atomic E-state index is 0.196. The number of rotatable bonds is 3. The Kier molecular flexibility index (Phi) is 2.87. The molecule has 1 heterocycles. The van der Waals surface area contributed by atoms with Crippen LogP contribution < -0.4 is 4.74 Å². The summed E-state index contributed by atoms with van der Waals surface area (Å²) in [6.07, 6.45) is 1.95. The maximum atomic E-state index is 13.6. The van der Waals surface area contributed by atoms with Crippen molar-refractivity contribution in [1.29, 1.82) is 0 Å². The lowest BCUT2D eigenvalue weighted by molar-refractivity contribution is 0.215. The number of benzene rings is 1. The topological polar surface area (TPSA) is 58.1 Å². The van der Waals surface area contributed by atoms with E-state index in [0.29, 0.717) is 11.3 Å². The van der Waals surface area contributed by atoms with Crippen molar-refractivity contribution in [2.45, 2.75) is 6.10 Å². The number of aromatic nitrogens is 2. The monoisotopic (exact) mass is 222 g/mol. The van der Waals surface area contributed by atoms with E-state index in [9.17, 15) is 9.50 Å². The van der Waals surface area contributed by atoms with E-state index < -0.39 is 11.9 Å². The molecular formula is C11H11FN2O2. The van der Waals surface area contributed by atoms with E-state index >= 15 is 0 Å². The largest absolute Gasteiger partial charge is 0.497 e. The molecule has 0 bridgehead atoms. The van der Waals surface area contributed by atoms with Gasteiger partial charge in [0, 0.05) is 23.4 Å². The molecule has 0 aliphatic heterocycles. The molecule has 1 aromatic carbocycles. The summed E-state index contributed by atoms with van der Waals surface area (Å²) in [7, 11) is 1.46. The highest BCUT2D eigenvalue weighted by atomic mass is 19.1. The van der Waals surface area contributed by atoms with Crippen LogP contribution in [0.2, 0.25) is 0 Å². The van der Waals surface area contributed by atoms with Gasteiger partial charge < -0.3 is 9.84 Å². The molecule has 0 amide bonds. The van der Waals surface area contributed by atoms with Crippen LogP contribution in [0, 0.1) is 5.82 Å². The fraction of sp³-hybridized carbons (Fsp3) is 0.182. The van der Waals surface area contributed by atoms with Gasteiger partial charge in [-0.2, -0.15) is 5.10 Å². The minimum atomic E-state index is -1.02. The molecule has 0 aliphatic carbocycles. The summed E-state index contributed by atoms with van der Waals surface area (Å²) >= 11 is 0. The third kappa shape index (κ3) is 1.90. The lowest BCUT2D eigenvalue weighted by Crippen LogP contribution is -2.01. The van der Waals surface area contributed by atoms with E-state index in [1.165, 1.54) is 31.6 Å². The van der Waals surface area contributed by atoms with Crippen molar-refractivity contribution in [3.63, 3.8) is 0 Å². The Morgan fingerprint density at radius 2 is 2.31 bits per heavy atom. The molecule has 84 valence electrons. The van der Waals surface area contributed by atoms with E-state index in [2.05, 4.69) is 10.2 Å². The summed E-state index contributed by atoms with van der Waals surface area (Å²) in [5, 5.41) is 16.1. The third-order valence-corrected chi connectivity index (χ3v) is 2.34. The lowest BCUT2D eigenvalue weighted by Gasteiger charge is -2.10. The first-order valence-electron chi connectivity index (χ1n) is 4.72. The van der Waals surface area contributed by atoms with Crippen LogP contribution in [-0.2, 0) is 0 Å². The van der Waals surface area contributed by atoms with Gasteiger partial charge in [-0.25, -0.2) is 4.39 Å². The molecule has 4 nitrogen and oxygen atoms in total. The second-order valence-electron chi connectivity index (χ2n) is 3.32. The average molecular weight is 222 g/mol. The summed E-state index contributed by atoms with van der Waals surface area (Å²) in [5.74, 6) is -0.0892. The average Bonchev–Trinajstić information content (AvgIpc) is 2.81. The van der Waals surface area contributed by atoms with Gasteiger partial charge in [-0.1, -0.05) is 0 Å². The van der Waals surface area contributed by atoms with Crippen LogP contribution in [0.15, 0.2) is 30.6 Å². The van der Waals surface area contributed by atoms with E-state index in [0.717, 1.165) is 0 Å². The Morgan fingerprint density at radius 1 is 1.50 bits per heavy atom. The summed E-state index contributed by atoms with van der Waals surface area (Å²) < 4.78 is 18.5. The maximum Gasteiger partial charge on any atom is 0.133 e. The molecular weight excluding hydrogens is 211 g/mol. The third-order valence-electron chi connectivity index (χ3n) is 2.34. The Labute approximate surface area is 91.7 Å². The molecule has 16 heavy (non-hydrogen) atoms. The van der Waals surface area contributed by atoms with Crippen molar-refractivity contribution < 1.29 is 14.2 Å². The van der Waals surface area contributed by atoms with Crippen LogP contribution in [0.1, 0.15) is 17.2 Å². The van der Waals surface area contributed by atoms with E-state index in [-0.39, 0.29) is 5.56 Å². The summed E-state index contributed by atoms with van der Waals surface area (Å²) in [5.41, 5.74) is 0.714. The van der Waals surface area contributed by atoms with Crippen LogP contribution in [-0.4, -0.2) is 22.4 Å². The molecule has 0 radical (unpaired) electrons. The lowest BCUT2D eigenvalue weighted by atomic mass is 10.0. The van der Waals surface area contributed by atoms with Crippen molar-refractivity contribution in [1.82, 2.24) is 10.2 Å². The smallest absolute Gasteiger partial charge is 0.133 e. The molecule has 1 atom stereocenters. The first-order chi connectivity index (χ1) is 7.72. The minimum Gasteiger partial charge on any atom is -0.497 e. The van der Waals surface area contributed by atoms with E-state index in [4.69, 9.17) is 4.74 Å². The van der Waals surface area contributed by atoms with Gasteiger partial charge in [0.2, 0.25) is 0 Å². The number of methoxy groups -OCH3 is 1. The zero-order valence-electron chi connectivity index (χ0n) is 8.64. The fourth-order valence-corrected chi connectivity index (χ4v) is 1.45. The molecule has 1 aromatic heterocycles. The Hall–Kier alpha value is -1.88. The summed E-state index contributed by atoms with van der Waals surface area (Å²) in [6, 6.07) is 4.33. The molecule has 5 heteroatoms. The number of ether oxygens (including phenoxy) is 1. The normalized spacial score (nSPS) is 12.4. The Morgan fingerprint density at radius 3 is 2.88 bits per heavy atom. The van der Waals surface area contributed by atoms with Crippen LogP contribution in [0.4, 0.5) is 4.39 Å². The number of hydrogen-bond donors (Lipinski definition) is 2. The van der Waals surface area contributed by atoms with Gasteiger partial charge in [0.15, 0.2) is 0 Å². The standard InChI is InChI=1S/C11H11FN2O2/c1-16-8-2-3-9(10(12)4-8)11(15)7-5-13-14-6-7/h2-6,11,15H,1H3,(H,13,14). The molecule has 0 fully saturated rings. The van der Waals surface area contributed by atoms with E-state index in [1.54, 1.807) is 6.07 Å². The maximum absolute atomic E-state index is 13.6. The number of aliphatic hydroxyl groups is 1. The molecule has 2 rings (SSSR count). The second-order valence-corrected chi connectivity index (χ2v) is 3.32. The van der Waals surface area contributed by atoms with Crippen LogP contribution in [0.3, 0.4) is 0 Å². The summed E-state index contributed by atoms with van der Waals surface area (Å²) in [4.78, 5) is 0. The fourth-order valence-electron chi connectivity index (χ4n) is 1.45. The highest BCUT2D eigenvalue weighted by Crippen LogP contribution is 2.26. The van der Waals surface area contributed by atoms with Crippen molar-refractivity contribution in [3.8, 4) is 5.75 Å². The predicted octanol–water partition coefficient (Wildman–Crippen LogP) is 1.64. The molecule has 2 N–H and O–H groups in total. The first-order valence-corrected chi connectivity index (χ1v) is 4.72. The van der Waals surface area contributed by atoms with Gasteiger partial charge in [0.05, 0.1) is 13.3 Å². The highest BCUT2D eigenvalue weighted by molar-refractivity contribution is 5.33. The zero-order chi connectivity index (χ0) is 11.5. The van der Waals surface area contributed by atoms with Gasteiger partial charge in [0.25, 0.3) is 0 Å². The van der Waals surface area contributed by atoms with Crippen molar-refractivity contribution in [2.24, 2.45) is 0 Å². The number of nitrogens with one attached hydrogen (secondary N) is 1. The van der Waals surface area contributed by atoms with E-state index in [1.807, 2.05) is 0 Å². The Balaban J connectivity index is 2.34. The van der Waals surface area contributed by atoms with Gasteiger partial charge in [0.1, 0.15) is 17.7 Å². The first kappa shape index (κ1) is 10.6. The van der Waals surface area contributed by atoms with Gasteiger partial charge in [-0.05, 0) is 12.1 Å². The number of nitrogens with zero attached hydrogens (tertiary/aromatic N) is 1. The number of H-pyrrole nitrogens is 1. The van der Waals surface area contributed by atoms with Gasteiger partial charge in [-0.15, -0.1) is 0 Å². The number of aliphatic hydroxyl groups excluding tert-OH is 1. The van der Waals surface area contributed by atoms with Crippen LogP contribution in [0.25, 0.3) is 0 Å².